The maximum Gasteiger partial charge on any atom is 0.354 e. The zero-order chi connectivity index (χ0) is 17.7. The first kappa shape index (κ1) is 18.7. The average Bonchev–Trinajstić information content (AvgIpc) is 2.84. The predicted octanol–water partition coefficient (Wildman–Crippen LogP) is 2.41. The van der Waals surface area contributed by atoms with E-state index in [9.17, 15) is 14.4 Å². The molecule has 0 aliphatic carbocycles. The minimum atomic E-state index is -0.640. The number of carbonyl (C=O) groups excluding carboxylic acids is 3. The Labute approximate surface area is 136 Å². The number of H-pyrrole nitrogens is 1. The highest BCUT2D eigenvalue weighted by Crippen LogP contribution is 2.22. The lowest BCUT2D eigenvalue weighted by Gasteiger charge is -2.27. The number of ketones is 1. The van der Waals surface area contributed by atoms with E-state index in [2.05, 4.69) is 11.6 Å². The van der Waals surface area contributed by atoms with Gasteiger partial charge in [-0.2, -0.15) is 0 Å². The zero-order valence-electron chi connectivity index (χ0n) is 14.4. The molecule has 0 bridgehead atoms. The fourth-order valence-electron chi connectivity index (χ4n) is 2.59. The van der Waals surface area contributed by atoms with E-state index in [4.69, 9.17) is 4.74 Å². The molecular formula is C17H24N2O4. The van der Waals surface area contributed by atoms with Crippen LogP contribution in [-0.2, 0) is 9.53 Å². The molecule has 23 heavy (non-hydrogen) atoms. The minimum absolute atomic E-state index is 0.121. The van der Waals surface area contributed by atoms with Crippen LogP contribution in [-0.4, -0.2) is 47.2 Å². The van der Waals surface area contributed by atoms with Crippen molar-refractivity contribution in [3.8, 4) is 0 Å². The molecule has 0 fully saturated rings. The molecule has 1 aromatic rings. The molecule has 0 aliphatic rings. The van der Waals surface area contributed by atoms with E-state index in [1.54, 1.807) is 33.8 Å². The minimum Gasteiger partial charge on any atom is -0.464 e. The summed E-state index contributed by atoms with van der Waals surface area (Å²) in [5.74, 6) is -0.857. The van der Waals surface area contributed by atoms with Gasteiger partial charge in [0.15, 0.2) is 5.78 Å². The molecule has 1 unspecified atom stereocenters. The molecule has 0 aliphatic heterocycles. The summed E-state index contributed by atoms with van der Waals surface area (Å²) in [6.45, 7) is 10.8. The zero-order valence-corrected chi connectivity index (χ0v) is 14.4. The largest absolute Gasteiger partial charge is 0.464 e. The number of methoxy groups -OCH3 is 1. The van der Waals surface area contributed by atoms with Crippen molar-refractivity contribution < 1.29 is 19.1 Å². The summed E-state index contributed by atoms with van der Waals surface area (Å²) >= 11 is 0. The van der Waals surface area contributed by atoms with Crippen molar-refractivity contribution in [1.29, 1.82) is 0 Å². The lowest BCUT2D eigenvalue weighted by Crippen LogP contribution is -2.43. The van der Waals surface area contributed by atoms with Gasteiger partial charge in [-0.05, 0) is 26.3 Å². The fraction of sp³-hybridized carbons (Fsp3) is 0.471. The molecule has 1 aromatic heterocycles. The molecular weight excluding hydrogens is 296 g/mol. The fourth-order valence-corrected chi connectivity index (χ4v) is 2.59. The van der Waals surface area contributed by atoms with Crippen LogP contribution in [0.4, 0.5) is 0 Å². The first-order valence-electron chi connectivity index (χ1n) is 7.52. The van der Waals surface area contributed by atoms with E-state index in [-0.39, 0.29) is 17.4 Å². The highest BCUT2D eigenvalue weighted by molar-refractivity contribution is 6.06. The van der Waals surface area contributed by atoms with Gasteiger partial charge in [0.2, 0.25) is 5.91 Å². The van der Waals surface area contributed by atoms with Crippen molar-refractivity contribution in [2.24, 2.45) is 0 Å². The van der Waals surface area contributed by atoms with Crippen LogP contribution in [0.3, 0.4) is 0 Å². The quantitative estimate of drug-likeness (QED) is 0.475. The number of amides is 1. The summed E-state index contributed by atoms with van der Waals surface area (Å²) in [6, 6.07) is -0.640. The number of hydrogen-bond acceptors (Lipinski definition) is 4. The first-order chi connectivity index (χ1) is 10.8. The van der Waals surface area contributed by atoms with E-state index < -0.39 is 12.0 Å². The van der Waals surface area contributed by atoms with Crippen LogP contribution >= 0.6 is 0 Å². The van der Waals surface area contributed by atoms with Crippen LogP contribution in [0.5, 0.6) is 0 Å². The van der Waals surface area contributed by atoms with E-state index in [1.165, 1.54) is 12.0 Å². The maximum atomic E-state index is 12.8. The van der Waals surface area contributed by atoms with Gasteiger partial charge in [-0.15, -0.1) is 6.58 Å². The number of ether oxygens (including phenoxy) is 1. The molecule has 6 nitrogen and oxygen atoms in total. The monoisotopic (exact) mass is 320 g/mol. The van der Waals surface area contributed by atoms with Crippen LogP contribution < -0.4 is 0 Å². The van der Waals surface area contributed by atoms with Gasteiger partial charge in [-0.3, -0.25) is 9.59 Å². The summed E-state index contributed by atoms with van der Waals surface area (Å²) in [6.07, 6.45) is 1.90. The maximum absolute atomic E-state index is 12.8. The Kier molecular flexibility index (Phi) is 6.30. The Morgan fingerprint density at radius 1 is 1.35 bits per heavy atom. The highest BCUT2D eigenvalue weighted by Gasteiger charge is 2.30. The number of aromatic nitrogens is 1. The standard InChI is InChI=1S/C17H24N2O4/c1-7-9-19(13(20)8-2)12(5)16(21)14-10(3)15(17(22)23-6)18-11(14)4/h7,12,18H,1,8-9H2,2-6H3. The van der Waals surface area contributed by atoms with Gasteiger partial charge < -0.3 is 14.6 Å². The molecule has 0 saturated carbocycles. The molecule has 1 N–H and O–H groups in total. The van der Waals surface area contributed by atoms with Gasteiger partial charge in [0.1, 0.15) is 5.69 Å². The molecule has 0 aromatic carbocycles. The smallest absolute Gasteiger partial charge is 0.354 e. The van der Waals surface area contributed by atoms with E-state index >= 15 is 0 Å². The van der Waals surface area contributed by atoms with Gasteiger partial charge >= 0.3 is 5.97 Å². The van der Waals surface area contributed by atoms with Crippen LogP contribution in [0.1, 0.15) is 52.4 Å². The second kappa shape index (κ2) is 7.76. The normalized spacial score (nSPS) is 11.7. The number of nitrogens with one attached hydrogen (secondary N) is 1. The summed E-state index contributed by atoms with van der Waals surface area (Å²) in [5.41, 5.74) is 1.81. The number of hydrogen-bond donors (Lipinski definition) is 1. The molecule has 1 amide bonds. The molecule has 0 radical (unpaired) electrons. The Balaban J connectivity index is 3.22. The Morgan fingerprint density at radius 3 is 2.43 bits per heavy atom. The van der Waals surface area contributed by atoms with Crippen molar-refractivity contribution in [2.45, 2.75) is 40.2 Å². The van der Waals surface area contributed by atoms with Crippen molar-refractivity contribution in [1.82, 2.24) is 9.88 Å². The number of nitrogens with zero attached hydrogens (tertiary/aromatic N) is 1. The third kappa shape index (κ3) is 3.70. The molecule has 1 rings (SSSR count). The second-order valence-electron chi connectivity index (χ2n) is 5.35. The van der Waals surface area contributed by atoms with Crippen LogP contribution in [0.2, 0.25) is 0 Å². The number of aryl methyl sites for hydroxylation is 1. The second-order valence-corrected chi connectivity index (χ2v) is 5.35. The lowest BCUT2D eigenvalue weighted by molar-refractivity contribution is -0.131. The summed E-state index contributed by atoms with van der Waals surface area (Å²) in [4.78, 5) is 41.0. The van der Waals surface area contributed by atoms with Gasteiger partial charge in [0.05, 0.1) is 13.2 Å². The molecule has 6 heteroatoms. The Hall–Kier alpha value is -2.37. The van der Waals surface area contributed by atoms with Gasteiger partial charge in [-0.25, -0.2) is 4.79 Å². The molecule has 1 atom stereocenters. The molecule has 1 heterocycles. The Bertz CT molecular complexity index is 631. The van der Waals surface area contributed by atoms with E-state index in [1.807, 2.05) is 0 Å². The Morgan fingerprint density at radius 2 is 1.96 bits per heavy atom. The lowest BCUT2D eigenvalue weighted by atomic mass is 9.99. The average molecular weight is 320 g/mol. The number of esters is 1. The van der Waals surface area contributed by atoms with E-state index in [0.717, 1.165) is 0 Å². The molecule has 0 spiro atoms. The number of rotatable bonds is 7. The summed E-state index contributed by atoms with van der Waals surface area (Å²) in [5, 5.41) is 0. The first-order valence-corrected chi connectivity index (χ1v) is 7.52. The number of Topliss-reactive ketones (excluding diaryl/α,β-unsaturated/α-hetero) is 1. The van der Waals surface area contributed by atoms with Crippen molar-refractivity contribution in [2.75, 3.05) is 13.7 Å². The highest BCUT2D eigenvalue weighted by atomic mass is 16.5. The summed E-state index contributed by atoms with van der Waals surface area (Å²) < 4.78 is 4.71. The van der Waals surface area contributed by atoms with Gasteiger partial charge in [0.25, 0.3) is 0 Å². The van der Waals surface area contributed by atoms with Crippen molar-refractivity contribution in [3.05, 3.63) is 35.2 Å². The van der Waals surface area contributed by atoms with Crippen LogP contribution in [0.25, 0.3) is 0 Å². The SMILES string of the molecule is C=CCN(C(=O)CC)C(C)C(=O)c1c(C)[nH]c(C(=O)OC)c1C. The van der Waals surface area contributed by atoms with Crippen molar-refractivity contribution in [3.63, 3.8) is 0 Å². The number of carbonyl (C=O) groups is 3. The van der Waals surface area contributed by atoms with Crippen molar-refractivity contribution >= 4 is 17.7 Å². The van der Waals surface area contributed by atoms with Crippen LogP contribution in [0, 0.1) is 13.8 Å². The van der Waals surface area contributed by atoms with E-state index in [0.29, 0.717) is 29.8 Å². The summed E-state index contributed by atoms with van der Waals surface area (Å²) in [7, 11) is 1.29. The number of aromatic amines is 1. The molecule has 0 saturated heterocycles. The predicted molar refractivity (Wildman–Crippen MR) is 87.6 cm³/mol. The third-order valence-corrected chi connectivity index (χ3v) is 3.87. The third-order valence-electron chi connectivity index (χ3n) is 3.87. The topological polar surface area (TPSA) is 79.5 Å². The molecule has 126 valence electrons. The van der Waals surface area contributed by atoms with Gasteiger partial charge in [0, 0.05) is 24.2 Å². The van der Waals surface area contributed by atoms with Gasteiger partial charge in [-0.1, -0.05) is 13.0 Å². The van der Waals surface area contributed by atoms with Crippen LogP contribution in [0.15, 0.2) is 12.7 Å².